The van der Waals surface area contributed by atoms with Crippen LogP contribution in [0.3, 0.4) is 0 Å². The van der Waals surface area contributed by atoms with Gasteiger partial charge in [-0.1, -0.05) is 53.4 Å². The number of rotatable bonds is 6. The minimum Gasteiger partial charge on any atom is -0.497 e. The minimum absolute atomic E-state index is 0.128. The zero-order chi connectivity index (χ0) is 18.4. The first kappa shape index (κ1) is 18.7. The van der Waals surface area contributed by atoms with Crippen molar-refractivity contribution in [3.05, 3.63) is 83.4 Å². The number of halogens is 1. The fourth-order valence-corrected chi connectivity index (χ4v) is 2.48. The standard InChI is InChI=1S/C20H18BrNO3/c1-4-19(23)22(13-15-5-11-18(25-3)12-6-15)20(24)14(2)16-7-9-17(21)10-8-16/h4-12H,1-2,13H2,3H3. The number of ether oxygens (including phenoxy) is 1. The lowest BCUT2D eigenvalue weighted by atomic mass is 10.1. The van der Waals surface area contributed by atoms with Crippen LogP contribution in [-0.2, 0) is 16.1 Å². The number of amides is 2. The highest BCUT2D eigenvalue weighted by Gasteiger charge is 2.23. The van der Waals surface area contributed by atoms with Crippen molar-refractivity contribution in [2.75, 3.05) is 7.11 Å². The fourth-order valence-electron chi connectivity index (χ4n) is 2.21. The van der Waals surface area contributed by atoms with E-state index in [-0.39, 0.29) is 12.1 Å². The predicted octanol–water partition coefficient (Wildman–Crippen LogP) is 4.21. The summed E-state index contributed by atoms with van der Waals surface area (Å²) in [6, 6.07) is 14.3. The summed E-state index contributed by atoms with van der Waals surface area (Å²) in [6.07, 6.45) is 1.12. The third kappa shape index (κ3) is 4.67. The van der Waals surface area contributed by atoms with Crippen LogP contribution in [0.25, 0.3) is 5.57 Å². The summed E-state index contributed by atoms with van der Waals surface area (Å²) >= 11 is 3.35. The van der Waals surface area contributed by atoms with Crippen LogP contribution in [0.4, 0.5) is 0 Å². The molecule has 0 aromatic heterocycles. The second-order valence-corrected chi connectivity index (χ2v) is 6.18. The van der Waals surface area contributed by atoms with Crippen LogP contribution >= 0.6 is 15.9 Å². The van der Waals surface area contributed by atoms with Gasteiger partial charge < -0.3 is 4.74 Å². The molecule has 0 atom stereocenters. The van der Waals surface area contributed by atoms with E-state index in [2.05, 4.69) is 29.1 Å². The van der Waals surface area contributed by atoms with Crippen molar-refractivity contribution in [2.24, 2.45) is 0 Å². The molecule has 0 unspecified atom stereocenters. The van der Waals surface area contributed by atoms with Gasteiger partial charge in [0.1, 0.15) is 5.75 Å². The van der Waals surface area contributed by atoms with Crippen molar-refractivity contribution in [2.45, 2.75) is 6.54 Å². The highest BCUT2D eigenvalue weighted by molar-refractivity contribution is 9.10. The third-order valence-corrected chi connectivity index (χ3v) is 4.17. The summed E-state index contributed by atoms with van der Waals surface area (Å²) in [6.45, 7) is 7.45. The summed E-state index contributed by atoms with van der Waals surface area (Å²) in [5.41, 5.74) is 1.70. The molecule has 0 heterocycles. The van der Waals surface area contributed by atoms with Crippen molar-refractivity contribution in [3.8, 4) is 5.75 Å². The van der Waals surface area contributed by atoms with Crippen LogP contribution in [-0.4, -0.2) is 23.8 Å². The average Bonchev–Trinajstić information content (AvgIpc) is 2.65. The van der Waals surface area contributed by atoms with Crippen molar-refractivity contribution in [3.63, 3.8) is 0 Å². The number of imide groups is 1. The lowest BCUT2D eigenvalue weighted by Gasteiger charge is -2.21. The van der Waals surface area contributed by atoms with Gasteiger partial charge in [-0.2, -0.15) is 0 Å². The maximum Gasteiger partial charge on any atom is 0.261 e. The molecule has 0 saturated carbocycles. The van der Waals surface area contributed by atoms with Gasteiger partial charge in [0, 0.05) is 10.0 Å². The maximum atomic E-state index is 12.8. The SMILES string of the molecule is C=CC(=O)N(Cc1ccc(OC)cc1)C(=O)C(=C)c1ccc(Br)cc1. The number of benzene rings is 2. The van der Waals surface area contributed by atoms with Crippen LogP contribution in [0.2, 0.25) is 0 Å². The topological polar surface area (TPSA) is 46.6 Å². The quantitative estimate of drug-likeness (QED) is 0.683. The molecule has 5 heteroatoms. The molecular formula is C20H18BrNO3. The molecular weight excluding hydrogens is 382 g/mol. The van der Waals surface area contributed by atoms with Gasteiger partial charge in [-0.3, -0.25) is 14.5 Å². The summed E-state index contributed by atoms with van der Waals surface area (Å²) < 4.78 is 6.01. The molecule has 0 spiro atoms. The van der Waals surface area contributed by atoms with E-state index in [0.717, 1.165) is 21.0 Å². The number of nitrogens with zero attached hydrogens (tertiary/aromatic N) is 1. The Kier molecular flexibility index (Phi) is 6.31. The Labute approximate surface area is 155 Å². The van der Waals surface area contributed by atoms with Gasteiger partial charge >= 0.3 is 0 Å². The zero-order valence-electron chi connectivity index (χ0n) is 13.9. The Morgan fingerprint density at radius 1 is 1.12 bits per heavy atom. The third-order valence-electron chi connectivity index (χ3n) is 3.64. The Morgan fingerprint density at radius 3 is 2.24 bits per heavy atom. The Hall–Kier alpha value is -2.66. The first-order chi connectivity index (χ1) is 12.0. The number of carbonyl (C=O) groups excluding carboxylic acids is 2. The van der Waals surface area contributed by atoms with Crippen LogP contribution in [0.1, 0.15) is 11.1 Å². The number of hydrogen-bond donors (Lipinski definition) is 0. The molecule has 2 aromatic rings. The van der Waals surface area contributed by atoms with Gasteiger partial charge in [0.2, 0.25) is 0 Å². The minimum atomic E-state index is -0.473. The molecule has 128 valence electrons. The van der Waals surface area contributed by atoms with E-state index in [1.54, 1.807) is 43.5 Å². The van der Waals surface area contributed by atoms with Crippen LogP contribution in [0, 0.1) is 0 Å². The number of methoxy groups -OCH3 is 1. The summed E-state index contributed by atoms with van der Waals surface area (Å²) in [4.78, 5) is 26.1. The molecule has 2 aromatic carbocycles. The van der Waals surface area contributed by atoms with E-state index >= 15 is 0 Å². The Morgan fingerprint density at radius 2 is 1.72 bits per heavy atom. The monoisotopic (exact) mass is 399 g/mol. The van der Waals surface area contributed by atoms with E-state index in [1.165, 1.54) is 0 Å². The van der Waals surface area contributed by atoms with E-state index in [0.29, 0.717) is 11.3 Å². The van der Waals surface area contributed by atoms with E-state index in [4.69, 9.17) is 4.74 Å². The average molecular weight is 400 g/mol. The molecule has 0 aliphatic carbocycles. The second-order valence-electron chi connectivity index (χ2n) is 5.27. The van der Waals surface area contributed by atoms with Gasteiger partial charge in [0.15, 0.2) is 0 Å². The smallest absolute Gasteiger partial charge is 0.261 e. The molecule has 2 amide bonds. The Balaban J connectivity index is 2.24. The summed E-state index contributed by atoms with van der Waals surface area (Å²) in [5, 5.41) is 0. The molecule has 4 nitrogen and oxygen atoms in total. The van der Waals surface area contributed by atoms with Gasteiger partial charge in [0.25, 0.3) is 11.8 Å². The molecule has 2 rings (SSSR count). The fraction of sp³-hybridized carbons (Fsp3) is 0.100. The number of carbonyl (C=O) groups is 2. The van der Waals surface area contributed by atoms with Crippen molar-refractivity contribution in [1.29, 1.82) is 0 Å². The van der Waals surface area contributed by atoms with Crippen molar-refractivity contribution in [1.82, 2.24) is 4.90 Å². The largest absolute Gasteiger partial charge is 0.497 e. The lowest BCUT2D eigenvalue weighted by Crippen LogP contribution is -2.35. The maximum absolute atomic E-state index is 12.8. The first-order valence-electron chi connectivity index (χ1n) is 7.52. The zero-order valence-corrected chi connectivity index (χ0v) is 15.5. The molecule has 0 N–H and O–H groups in total. The van der Waals surface area contributed by atoms with Crippen LogP contribution in [0.5, 0.6) is 5.75 Å². The van der Waals surface area contributed by atoms with Crippen molar-refractivity contribution >= 4 is 33.3 Å². The molecule has 0 aliphatic heterocycles. The first-order valence-corrected chi connectivity index (χ1v) is 8.31. The highest BCUT2D eigenvalue weighted by Crippen LogP contribution is 2.21. The number of hydrogen-bond acceptors (Lipinski definition) is 3. The summed E-state index contributed by atoms with van der Waals surface area (Å²) in [7, 11) is 1.58. The highest BCUT2D eigenvalue weighted by atomic mass is 79.9. The lowest BCUT2D eigenvalue weighted by molar-refractivity contribution is -0.138. The molecule has 0 bridgehead atoms. The molecule has 0 saturated heterocycles. The Bertz CT molecular complexity index is 795. The van der Waals surface area contributed by atoms with Crippen molar-refractivity contribution < 1.29 is 14.3 Å². The molecule has 0 fully saturated rings. The van der Waals surface area contributed by atoms with E-state index in [9.17, 15) is 9.59 Å². The van der Waals surface area contributed by atoms with Gasteiger partial charge in [0.05, 0.1) is 13.7 Å². The molecule has 0 radical (unpaired) electrons. The van der Waals surface area contributed by atoms with Crippen LogP contribution in [0.15, 0.2) is 72.2 Å². The van der Waals surface area contributed by atoms with Gasteiger partial charge in [-0.05, 0) is 41.5 Å². The summed E-state index contributed by atoms with van der Waals surface area (Å²) in [5.74, 6) is -0.224. The normalized spacial score (nSPS) is 10.0. The van der Waals surface area contributed by atoms with E-state index in [1.807, 2.05) is 12.1 Å². The predicted molar refractivity (Wildman–Crippen MR) is 102 cm³/mol. The molecule has 0 aliphatic rings. The molecule has 25 heavy (non-hydrogen) atoms. The van der Waals surface area contributed by atoms with E-state index < -0.39 is 11.8 Å². The van der Waals surface area contributed by atoms with Gasteiger partial charge in [-0.25, -0.2) is 0 Å². The van der Waals surface area contributed by atoms with Crippen LogP contribution < -0.4 is 4.74 Å². The second kappa shape index (κ2) is 8.44. The van der Waals surface area contributed by atoms with Gasteiger partial charge in [-0.15, -0.1) is 0 Å².